The van der Waals surface area contributed by atoms with Gasteiger partial charge in [-0.1, -0.05) is 78.6 Å². The minimum Gasteiger partial charge on any atom is -1.00 e. The maximum atomic E-state index is 2.41. The van der Waals surface area contributed by atoms with Crippen molar-refractivity contribution in [3.8, 4) is 0 Å². The number of hydrogen-bond acceptors (Lipinski definition) is 0. The quantitative estimate of drug-likeness (QED) is 0.261. The molecule has 0 N–H and O–H groups in total. The Kier molecular flexibility index (Phi) is 17.5. The van der Waals surface area contributed by atoms with Gasteiger partial charge < -0.3 is 16.9 Å². The lowest BCUT2D eigenvalue weighted by Crippen LogP contribution is -3.00. The number of quaternary nitrogens is 1. The second kappa shape index (κ2) is 17.4. The minimum atomic E-state index is 0. The third-order valence-electron chi connectivity index (χ3n) is 6.64. The van der Waals surface area contributed by atoms with Crippen molar-refractivity contribution in [3.05, 3.63) is 0 Å². The maximum Gasteiger partial charge on any atom is 0.0890 e. The van der Waals surface area contributed by atoms with Crippen molar-refractivity contribution in [1.82, 2.24) is 0 Å². The van der Waals surface area contributed by atoms with Crippen LogP contribution in [0.15, 0.2) is 0 Å². The highest BCUT2D eigenvalue weighted by Gasteiger charge is 2.35. The fourth-order valence-corrected chi connectivity index (χ4v) is 5.32. The van der Waals surface area contributed by atoms with E-state index in [2.05, 4.69) is 20.8 Å². The molecule has 0 heterocycles. The minimum absolute atomic E-state index is 0. The predicted octanol–water partition coefficient (Wildman–Crippen LogP) is 4.88. The molecule has 1 aliphatic carbocycles. The lowest BCUT2D eigenvalue weighted by molar-refractivity contribution is -0.952. The van der Waals surface area contributed by atoms with Crippen LogP contribution in [0.3, 0.4) is 0 Å². The smallest absolute Gasteiger partial charge is 0.0890 e. The van der Waals surface area contributed by atoms with Crippen LogP contribution in [0, 0.1) is 0 Å². The van der Waals surface area contributed by atoms with Gasteiger partial charge in [-0.2, -0.15) is 0 Å². The Hall–Kier alpha value is 0.250. The predicted molar refractivity (Wildman–Crippen MR) is 114 cm³/mol. The summed E-state index contributed by atoms with van der Waals surface area (Å²) in [5.74, 6) is 0. The van der Waals surface area contributed by atoms with Gasteiger partial charge in [0.15, 0.2) is 0 Å². The first-order valence-corrected chi connectivity index (χ1v) is 12.1. The van der Waals surface area contributed by atoms with E-state index in [1.165, 1.54) is 133 Å². The van der Waals surface area contributed by atoms with E-state index in [-0.39, 0.29) is 12.4 Å². The van der Waals surface area contributed by atoms with E-state index in [0.717, 1.165) is 6.04 Å². The van der Waals surface area contributed by atoms with Crippen LogP contribution in [0.1, 0.15) is 130 Å². The van der Waals surface area contributed by atoms with E-state index < -0.39 is 0 Å². The highest BCUT2D eigenvalue weighted by Crippen LogP contribution is 2.30. The standard InChI is InChI=1S/C24H50N.ClH/c1-4-7-8-9-10-11-12-13-14-18-23-25(21-5-2,22-6-3)24-19-16-15-17-20-24;/h24H,4-23H2,1-3H3;1H/q+1;/p-1. The summed E-state index contributed by atoms with van der Waals surface area (Å²) >= 11 is 0. The second-order valence-corrected chi connectivity index (χ2v) is 8.86. The molecule has 0 unspecified atom stereocenters. The van der Waals surface area contributed by atoms with Crippen molar-refractivity contribution in [1.29, 1.82) is 0 Å². The molecule has 1 fully saturated rings. The monoisotopic (exact) mass is 387 g/mol. The average Bonchev–Trinajstić information content (AvgIpc) is 2.64. The Labute approximate surface area is 172 Å². The molecule has 0 bridgehead atoms. The molecule has 0 radical (unpaired) electrons. The fourth-order valence-electron chi connectivity index (χ4n) is 5.32. The van der Waals surface area contributed by atoms with E-state index >= 15 is 0 Å². The van der Waals surface area contributed by atoms with Gasteiger partial charge in [0, 0.05) is 0 Å². The Morgan fingerprint density at radius 3 is 1.46 bits per heavy atom. The number of halogens is 1. The summed E-state index contributed by atoms with van der Waals surface area (Å²) < 4.78 is 1.48. The maximum absolute atomic E-state index is 2.41. The van der Waals surface area contributed by atoms with E-state index in [1.54, 1.807) is 0 Å². The van der Waals surface area contributed by atoms with Crippen LogP contribution < -0.4 is 12.4 Å². The van der Waals surface area contributed by atoms with Gasteiger partial charge in [0.25, 0.3) is 0 Å². The molecule has 1 rings (SSSR count). The van der Waals surface area contributed by atoms with Crippen molar-refractivity contribution in [2.24, 2.45) is 0 Å². The molecule has 1 saturated carbocycles. The molecule has 0 spiro atoms. The summed E-state index contributed by atoms with van der Waals surface area (Å²) in [5, 5.41) is 0. The topological polar surface area (TPSA) is 0 Å². The zero-order chi connectivity index (χ0) is 18.2. The fraction of sp³-hybridized carbons (Fsp3) is 1.00. The van der Waals surface area contributed by atoms with Crippen LogP contribution in [-0.2, 0) is 0 Å². The zero-order valence-electron chi connectivity index (χ0n) is 18.5. The molecule has 0 atom stereocenters. The van der Waals surface area contributed by atoms with Crippen molar-refractivity contribution >= 4 is 0 Å². The normalized spacial score (nSPS) is 15.8. The molecule has 0 amide bonds. The molecule has 0 aromatic rings. The first kappa shape index (κ1) is 26.2. The molecular formula is C24H50ClN. The molecule has 0 saturated heterocycles. The van der Waals surface area contributed by atoms with E-state index in [1.807, 2.05) is 0 Å². The number of nitrogens with zero attached hydrogens (tertiary/aromatic N) is 1. The molecule has 0 aromatic carbocycles. The Morgan fingerprint density at radius 1 is 0.538 bits per heavy atom. The zero-order valence-corrected chi connectivity index (χ0v) is 19.3. The summed E-state index contributed by atoms with van der Waals surface area (Å²) in [7, 11) is 0. The van der Waals surface area contributed by atoms with Gasteiger partial charge in [0.1, 0.15) is 0 Å². The second-order valence-electron chi connectivity index (χ2n) is 8.86. The highest BCUT2D eigenvalue weighted by molar-refractivity contribution is 4.68. The van der Waals surface area contributed by atoms with Crippen LogP contribution >= 0.6 is 0 Å². The van der Waals surface area contributed by atoms with E-state index in [9.17, 15) is 0 Å². The van der Waals surface area contributed by atoms with Gasteiger partial charge in [-0.15, -0.1) is 0 Å². The summed E-state index contributed by atoms with van der Waals surface area (Å²) in [4.78, 5) is 0. The molecule has 2 heteroatoms. The third kappa shape index (κ3) is 10.5. The van der Waals surface area contributed by atoms with Crippen LogP contribution in [0.4, 0.5) is 0 Å². The molecular weight excluding hydrogens is 338 g/mol. The van der Waals surface area contributed by atoms with Gasteiger partial charge in [0.2, 0.25) is 0 Å². The van der Waals surface area contributed by atoms with Crippen molar-refractivity contribution in [2.45, 2.75) is 136 Å². The van der Waals surface area contributed by atoms with Gasteiger partial charge in [0.05, 0.1) is 25.7 Å². The largest absolute Gasteiger partial charge is 1.00 e. The average molecular weight is 388 g/mol. The number of rotatable bonds is 16. The van der Waals surface area contributed by atoms with Crippen LogP contribution in [0.5, 0.6) is 0 Å². The first-order valence-electron chi connectivity index (χ1n) is 12.1. The summed E-state index contributed by atoms with van der Waals surface area (Å²) in [6, 6.07) is 0.993. The van der Waals surface area contributed by atoms with E-state index in [4.69, 9.17) is 0 Å². The van der Waals surface area contributed by atoms with Crippen molar-refractivity contribution in [3.63, 3.8) is 0 Å². The summed E-state index contributed by atoms with van der Waals surface area (Å²) in [6.07, 6.45) is 24.9. The van der Waals surface area contributed by atoms with Crippen LogP contribution in [-0.4, -0.2) is 30.2 Å². The SMILES string of the molecule is CCCCCCCCCCCC[N+](CCC)(CCC)C1CCCCC1.[Cl-]. The van der Waals surface area contributed by atoms with Crippen molar-refractivity contribution < 1.29 is 16.9 Å². The highest BCUT2D eigenvalue weighted by atomic mass is 35.5. The van der Waals surface area contributed by atoms with E-state index in [0.29, 0.717) is 0 Å². The Bertz CT molecular complexity index is 280. The van der Waals surface area contributed by atoms with Gasteiger partial charge in [-0.25, -0.2) is 0 Å². The van der Waals surface area contributed by atoms with Crippen LogP contribution in [0.25, 0.3) is 0 Å². The summed E-state index contributed by atoms with van der Waals surface area (Å²) in [5.41, 5.74) is 0. The van der Waals surface area contributed by atoms with Gasteiger partial charge in [-0.3, -0.25) is 0 Å². The molecule has 0 aliphatic heterocycles. The van der Waals surface area contributed by atoms with Gasteiger partial charge in [-0.05, 0) is 51.4 Å². The molecule has 1 nitrogen and oxygen atoms in total. The molecule has 1 aliphatic rings. The summed E-state index contributed by atoms with van der Waals surface area (Å²) in [6.45, 7) is 11.5. The number of hydrogen-bond donors (Lipinski definition) is 0. The third-order valence-corrected chi connectivity index (χ3v) is 6.64. The Morgan fingerprint density at radius 2 is 1.00 bits per heavy atom. The van der Waals surface area contributed by atoms with Crippen LogP contribution in [0.2, 0.25) is 0 Å². The molecule has 0 aromatic heterocycles. The number of unbranched alkanes of at least 4 members (excludes halogenated alkanes) is 9. The Balaban J connectivity index is 0.00000625. The molecule has 158 valence electrons. The first-order chi connectivity index (χ1) is 12.3. The van der Waals surface area contributed by atoms with Crippen molar-refractivity contribution in [2.75, 3.05) is 19.6 Å². The molecule has 26 heavy (non-hydrogen) atoms. The lowest BCUT2D eigenvalue weighted by atomic mass is 9.91. The lowest BCUT2D eigenvalue weighted by Gasteiger charge is -2.47. The van der Waals surface area contributed by atoms with Gasteiger partial charge >= 0.3 is 0 Å².